The van der Waals surface area contributed by atoms with Gasteiger partial charge >= 0.3 is 0 Å². The molecule has 0 radical (unpaired) electrons. The van der Waals surface area contributed by atoms with E-state index in [-0.39, 0.29) is 0 Å². The molecular weight excluding hydrogens is 196 g/mol. The molecule has 2 nitrogen and oxygen atoms in total. The van der Waals surface area contributed by atoms with Gasteiger partial charge in [0.1, 0.15) is 0 Å². The summed E-state index contributed by atoms with van der Waals surface area (Å²) < 4.78 is 0. The highest BCUT2D eigenvalue weighted by atomic mass is 15.2. The fourth-order valence-electron chi connectivity index (χ4n) is 2.61. The zero-order valence-corrected chi connectivity index (χ0v) is 10.8. The summed E-state index contributed by atoms with van der Waals surface area (Å²) in [5.74, 6) is 0.692. The smallest absolute Gasteiger partial charge is 0.0464 e. The van der Waals surface area contributed by atoms with E-state index in [0.29, 0.717) is 18.0 Å². The lowest BCUT2D eigenvalue weighted by atomic mass is 9.90. The molecule has 0 amide bonds. The van der Waals surface area contributed by atoms with E-state index in [0.717, 1.165) is 13.0 Å². The highest BCUT2D eigenvalue weighted by Gasteiger charge is 2.30. The average molecular weight is 218 g/mol. The van der Waals surface area contributed by atoms with Crippen LogP contribution in [-0.2, 0) is 13.0 Å². The normalized spacial score (nSPS) is 21.5. The third-order valence-electron chi connectivity index (χ3n) is 3.60. The first-order valence-electron chi connectivity index (χ1n) is 6.28. The maximum atomic E-state index is 4.52. The second-order valence-corrected chi connectivity index (χ2v) is 5.39. The van der Waals surface area contributed by atoms with Crippen molar-refractivity contribution in [3.8, 4) is 0 Å². The number of hydrogen-bond acceptors (Lipinski definition) is 2. The van der Waals surface area contributed by atoms with Crippen molar-refractivity contribution in [2.75, 3.05) is 0 Å². The Balaban J connectivity index is 2.29. The van der Waals surface area contributed by atoms with Crippen LogP contribution in [0.3, 0.4) is 0 Å². The van der Waals surface area contributed by atoms with Crippen molar-refractivity contribution >= 4 is 0 Å². The first-order valence-corrected chi connectivity index (χ1v) is 6.28. The molecule has 0 aliphatic carbocycles. The van der Waals surface area contributed by atoms with Crippen LogP contribution in [0.5, 0.6) is 0 Å². The van der Waals surface area contributed by atoms with Crippen LogP contribution in [0.2, 0.25) is 0 Å². The van der Waals surface area contributed by atoms with Crippen molar-refractivity contribution in [1.29, 1.82) is 0 Å². The molecule has 2 heteroatoms. The van der Waals surface area contributed by atoms with E-state index in [1.807, 2.05) is 12.3 Å². The molecular formula is C14H22N2. The third kappa shape index (κ3) is 2.12. The molecule has 0 N–H and O–H groups in total. The molecule has 1 aliphatic rings. The molecule has 0 saturated heterocycles. The minimum Gasteiger partial charge on any atom is -0.293 e. The SMILES string of the molecule is CC(C)C1Cc2ncccc2CN1C(C)C. The van der Waals surface area contributed by atoms with Crippen LogP contribution in [0.4, 0.5) is 0 Å². The van der Waals surface area contributed by atoms with Gasteiger partial charge in [-0.25, -0.2) is 0 Å². The Morgan fingerprint density at radius 1 is 1.31 bits per heavy atom. The summed E-state index contributed by atoms with van der Waals surface area (Å²) in [6, 6.07) is 5.52. The minimum absolute atomic E-state index is 0.612. The zero-order valence-electron chi connectivity index (χ0n) is 10.8. The van der Waals surface area contributed by atoms with Gasteiger partial charge in [-0.15, -0.1) is 0 Å². The predicted molar refractivity (Wildman–Crippen MR) is 67.2 cm³/mol. The van der Waals surface area contributed by atoms with Crippen LogP contribution in [-0.4, -0.2) is 22.0 Å². The second kappa shape index (κ2) is 4.54. The highest BCUT2D eigenvalue weighted by Crippen LogP contribution is 2.27. The molecule has 88 valence electrons. The van der Waals surface area contributed by atoms with Gasteiger partial charge in [-0.3, -0.25) is 9.88 Å². The van der Waals surface area contributed by atoms with E-state index in [9.17, 15) is 0 Å². The first kappa shape index (κ1) is 11.6. The van der Waals surface area contributed by atoms with Gasteiger partial charge in [0.15, 0.2) is 0 Å². The summed E-state index contributed by atoms with van der Waals surface area (Å²) in [4.78, 5) is 7.12. The van der Waals surface area contributed by atoms with Gasteiger partial charge in [0.2, 0.25) is 0 Å². The van der Waals surface area contributed by atoms with Crippen LogP contribution < -0.4 is 0 Å². The first-order chi connectivity index (χ1) is 7.59. The highest BCUT2D eigenvalue weighted by molar-refractivity contribution is 5.23. The molecule has 0 aromatic carbocycles. The Kier molecular flexibility index (Phi) is 3.29. The molecule has 2 rings (SSSR count). The molecule has 0 bridgehead atoms. The van der Waals surface area contributed by atoms with Crippen molar-refractivity contribution in [2.45, 2.75) is 52.7 Å². The zero-order chi connectivity index (χ0) is 11.7. The number of fused-ring (bicyclic) bond motifs is 1. The number of aromatic nitrogens is 1. The Morgan fingerprint density at radius 3 is 2.69 bits per heavy atom. The van der Waals surface area contributed by atoms with Gasteiger partial charge in [-0.2, -0.15) is 0 Å². The Bertz CT molecular complexity index is 323. The summed E-state index contributed by atoms with van der Waals surface area (Å²) in [6.45, 7) is 10.3. The lowest BCUT2D eigenvalue weighted by Crippen LogP contribution is -2.47. The molecule has 16 heavy (non-hydrogen) atoms. The maximum Gasteiger partial charge on any atom is 0.0464 e. The summed E-state index contributed by atoms with van der Waals surface area (Å²) in [5.41, 5.74) is 2.71. The summed E-state index contributed by atoms with van der Waals surface area (Å²) in [7, 11) is 0. The van der Waals surface area contributed by atoms with Crippen LogP contribution in [0.1, 0.15) is 39.0 Å². The van der Waals surface area contributed by atoms with Crippen LogP contribution in [0.25, 0.3) is 0 Å². The van der Waals surface area contributed by atoms with E-state index in [1.54, 1.807) is 0 Å². The number of hydrogen-bond donors (Lipinski definition) is 0. The van der Waals surface area contributed by atoms with Crippen molar-refractivity contribution in [1.82, 2.24) is 9.88 Å². The second-order valence-electron chi connectivity index (χ2n) is 5.39. The molecule has 2 heterocycles. The fraction of sp³-hybridized carbons (Fsp3) is 0.643. The van der Waals surface area contributed by atoms with E-state index in [1.165, 1.54) is 11.3 Å². The number of rotatable bonds is 2. The van der Waals surface area contributed by atoms with Crippen molar-refractivity contribution in [2.24, 2.45) is 5.92 Å². The molecule has 0 fully saturated rings. The van der Waals surface area contributed by atoms with Crippen molar-refractivity contribution < 1.29 is 0 Å². The summed E-state index contributed by atoms with van der Waals surface area (Å²) in [6.07, 6.45) is 3.02. The standard InChI is InChI=1S/C14H22N2/c1-10(2)14-8-13-12(6-5-7-15-13)9-16(14)11(3)4/h5-7,10-11,14H,8-9H2,1-4H3. The molecule has 0 saturated carbocycles. The van der Waals surface area contributed by atoms with Gasteiger partial charge in [-0.1, -0.05) is 19.9 Å². The third-order valence-corrected chi connectivity index (χ3v) is 3.60. The van der Waals surface area contributed by atoms with Crippen LogP contribution >= 0.6 is 0 Å². The minimum atomic E-state index is 0.612. The summed E-state index contributed by atoms with van der Waals surface area (Å²) in [5, 5.41) is 0. The lowest BCUT2D eigenvalue weighted by Gasteiger charge is -2.41. The van der Waals surface area contributed by atoms with Crippen LogP contribution in [0.15, 0.2) is 18.3 Å². The molecule has 1 aromatic rings. The molecule has 1 aromatic heterocycles. The average Bonchev–Trinajstić information content (AvgIpc) is 2.27. The molecule has 1 aliphatic heterocycles. The number of nitrogens with zero attached hydrogens (tertiary/aromatic N) is 2. The van der Waals surface area contributed by atoms with Gasteiger partial charge in [-0.05, 0) is 31.4 Å². The molecule has 0 spiro atoms. The van der Waals surface area contributed by atoms with E-state index in [4.69, 9.17) is 0 Å². The van der Waals surface area contributed by atoms with Crippen molar-refractivity contribution in [3.63, 3.8) is 0 Å². The van der Waals surface area contributed by atoms with Gasteiger partial charge in [0.05, 0.1) is 0 Å². The largest absolute Gasteiger partial charge is 0.293 e. The maximum absolute atomic E-state index is 4.52. The Hall–Kier alpha value is -0.890. The topological polar surface area (TPSA) is 16.1 Å². The van der Waals surface area contributed by atoms with Gasteiger partial charge in [0.25, 0.3) is 0 Å². The summed E-state index contributed by atoms with van der Waals surface area (Å²) >= 11 is 0. The van der Waals surface area contributed by atoms with Gasteiger partial charge in [0, 0.05) is 36.9 Å². The monoisotopic (exact) mass is 218 g/mol. The molecule has 1 atom stereocenters. The molecule has 1 unspecified atom stereocenters. The predicted octanol–water partition coefficient (Wildman–Crippen LogP) is 2.87. The Morgan fingerprint density at radius 2 is 2.06 bits per heavy atom. The van der Waals surface area contributed by atoms with E-state index >= 15 is 0 Å². The fourth-order valence-corrected chi connectivity index (χ4v) is 2.61. The quantitative estimate of drug-likeness (QED) is 0.759. The number of pyridine rings is 1. The van der Waals surface area contributed by atoms with Crippen LogP contribution in [0, 0.1) is 5.92 Å². The van der Waals surface area contributed by atoms with Gasteiger partial charge < -0.3 is 0 Å². The Labute approximate surface area is 98.7 Å². The van der Waals surface area contributed by atoms with E-state index < -0.39 is 0 Å². The lowest BCUT2D eigenvalue weighted by molar-refractivity contribution is 0.0958. The van der Waals surface area contributed by atoms with E-state index in [2.05, 4.69) is 43.6 Å². The van der Waals surface area contributed by atoms with Crippen molar-refractivity contribution in [3.05, 3.63) is 29.6 Å².